The Morgan fingerprint density at radius 1 is 0.975 bits per heavy atom. The van der Waals surface area contributed by atoms with Crippen molar-refractivity contribution in [3.63, 3.8) is 0 Å². The smallest absolute Gasteiger partial charge is 0.224 e. The minimum Gasteiger partial charge on any atom is -0.497 e. The number of hydrogen-bond acceptors (Lipinski definition) is 6. The number of unbranched alkanes of at least 4 members (excludes halogenated alkanes) is 1. The fourth-order valence-corrected chi connectivity index (χ4v) is 4.26. The number of amides is 1. The van der Waals surface area contributed by atoms with E-state index in [0.717, 1.165) is 29.7 Å². The van der Waals surface area contributed by atoms with E-state index < -0.39 is 0 Å². The van der Waals surface area contributed by atoms with Crippen LogP contribution in [0.25, 0.3) is 5.69 Å². The molecule has 0 saturated carbocycles. The number of ketones is 1. The minimum absolute atomic E-state index is 0.0510. The van der Waals surface area contributed by atoms with Crippen LogP contribution in [-0.4, -0.2) is 41.7 Å². The van der Waals surface area contributed by atoms with Gasteiger partial charge < -0.3 is 15.4 Å². The number of carbonyl (C=O) groups is 2. The first-order chi connectivity index (χ1) is 19.4. The van der Waals surface area contributed by atoms with Gasteiger partial charge in [0.25, 0.3) is 0 Å². The van der Waals surface area contributed by atoms with E-state index in [0.29, 0.717) is 41.6 Å². The zero-order valence-corrected chi connectivity index (χ0v) is 23.2. The summed E-state index contributed by atoms with van der Waals surface area (Å²) in [5, 5.41) is 21.4. The van der Waals surface area contributed by atoms with Gasteiger partial charge in [-0.2, -0.15) is 10.4 Å². The Morgan fingerprint density at radius 3 is 2.30 bits per heavy atom. The lowest BCUT2D eigenvalue weighted by atomic mass is 10.0. The third kappa shape index (κ3) is 7.07. The van der Waals surface area contributed by atoms with Crippen LogP contribution >= 0.6 is 11.6 Å². The van der Waals surface area contributed by atoms with Crippen LogP contribution in [0.15, 0.2) is 72.8 Å². The minimum atomic E-state index is -0.327. The summed E-state index contributed by atoms with van der Waals surface area (Å²) in [7, 11) is 1.60. The summed E-state index contributed by atoms with van der Waals surface area (Å²) in [5.74, 6) is 0.806. The average Bonchev–Trinajstić information content (AvgIpc) is 3.34. The molecule has 40 heavy (non-hydrogen) atoms. The molecule has 0 saturated heterocycles. The van der Waals surface area contributed by atoms with E-state index in [1.165, 1.54) is 0 Å². The molecule has 1 aromatic heterocycles. The summed E-state index contributed by atoms with van der Waals surface area (Å²) >= 11 is 6.07. The summed E-state index contributed by atoms with van der Waals surface area (Å²) in [4.78, 5) is 25.6. The molecule has 1 amide bonds. The zero-order valence-electron chi connectivity index (χ0n) is 22.4. The summed E-state index contributed by atoms with van der Waals surface area (Å²) in [6.45, 7) is 2.98. The molecular weight excluding hydrogens is 526 g/mol. The summed E-state index contributed by atoms with van der Waals surface area (Å²) in [6.07, 6.45) is 1.75. The van der Waals surface area contributed by atoms with Gasteiger partial charge in [-0.3, -0.25) is 9.59 Å². The predicted molar refractivity (Wildman–Crippen MR) is 155 cm³/mol. The molecule has 0 aliphatic heterocycles. The molecular formula is C31H30ClN5O3. The van der Waals surface area contributed by atoms with Crippen molar-refractivity contribution in [2.75, 3.05) is 25.5 Å². The maximum Gasteiger partial charge on any atom is 0.224 e. The molecule has 8 nitrogen and oxygen atoms in total. The number of carbonyl (C=O) groups excluding carboxylic acids is 2. The highest BCUT2D eigenvalue weighted by Crippen LogP contribution is 2.26. The van der Waals surface area contributed by atoms with Crippen molar-refractivity contribution in [2.24, 2.45) is 0 Å². The monoisotopic (exact) mass is 555 g/mol. The lowest BCUT2D eigenvalue weighted by molar-refractivity contribution is -0.120. The van der Waals surface area contributed by atoms with Gasteiger partial charge in [0.2, 0.25) is 11.7 Å². The number of halogens is 1. The second kappa shape index (κ2) is 13.5. The molecule has 9 heteroatoms. The lowest BCUT2D eigenvalue weighted by Crippen LogP contribution is -2.26. The SMILES string of the molecule is COc1ccc(CC(=O)NCCCCNc2c(C#N)c(C(=O)c3ccc(C)cc3)nn2-c2ccc(Cl)cc2)cc1. The standard InChI is InChI=1S/C31H30ClN5O3/c1-21-5-9-23(10-6-21)30(39)29-27(20-33)31(37(36-29)25-13-11-24(32)12-14-25)35-18-4-3-17-34-28(38)19-22-7-15-26(40-2)16-8-22/h5-16,35H,3-4,17-19H2,1-2H3,(H,34,38). The van der Waals surface area contributed by atoms with E-state index >= 15 is 0 Å². The number of hydrogen-bond donors (Lipinski definition) is 2. The van der Waals surface area contributed by atoms with Gasteiger partial charge in [0, 0.05) is 23.7 Å². The highest BCUT2D eigenvalue weighted by atomic mass is 35.5. The van der Waals surface area contributed by atoms with Crippen molar-refractivity contribution < 1.29 is 14.3 Å². The number of anilines is 1. The quantitative estimate of drug-likeness (QED) is 0.176. The second-order valence-corrected chi connectivity index (χ2v) is 9.71. The second-order valence-electron chi connectivity index (χ2n) is 9.28. The zero-order chi connectivity index (χ0) is 28.5. The van der Waals surface area contributed by atoms with Crippen LogP contribution in [0.2, 0.25) is 5.02 Å². The van der Waals surface area contributed by atoms with E-state index in [2.05, 4.69) is 21.8 Å². The Balaban J connectivity index is 1.41. The highest BCUT2D eigenvalue weighted by Gasteiger charge is 2.25. The van der Waals surface area contributed by atoms with E-state index in [9.17, 15) is 14.9 Å². The van der Waals surface area contributed by atoms with Crippen molar-refractivity contribution in [3.8, 4) is 17.5 Å². The molecule has 0 radical (unpaired) electrons. The third-order valence-corrected chi connectivity index (χ3v) is 6.59. The number of aromatic nitrogens is 2. The van der Waals surface area contributed by atoms with E-state index in [1.54, 1.807) is 48.2 Å². The molecule has 3 aromatic carbocycles. The van der Waals surface area contributed by atoms with Crippen molar-refractivity contribution in [3.05, 3.63) is 106 Å². The number of methoxy groups -OCH3 is 1. The normalized spacial score (nSPS) is 10.6. The first kappa shape index (κ1) is 28.4. The largest absolute Gasteiger partial charge is 0.497 e. The number of nitrogens with one attached hydrogen (secondary N) is 2. The van der Waals surface area contributed by atoms with Gasteiger partial charge in [-0.1, -0.05) is 53.6 Å². The first-order valence-corrected chi connectivity index (χ1v) is 13.3. The summed E-state index contributed by atoms with van der Waals surface area (Å²) < 4.78 is 6.71. The molecule has 1 heterocycles. The molecule has 0 bridgehead atoms. The number of benzene rings is 3. The van der Waals surface area contributed by atoms with Gasteiger partial charge in [0.15, 0.2) is 5.69 Å². The van der Waals surface area contributed by atoms with Crippen LogP contribution < -0.4 is 15.4 Å². The van der Waals surface area contributed by atoms with Gasteiger partial charge in [0.05, 0.1) is 19.2 Å². The molecule has 0 atom stereocenters. The molecule has 0 aliphatic rings. The van der Waals surface area contributed by atoms with E-state index in [4.69, 9.17) is 16.3 Å². The van der Waals surface area contributed by atoms with Crippen LogP contribution in [0.5, 0.6) is 5.75 Å². The molecule has 2 N–H and O–H groups in total. The third-order valence-electron chi connectivity index (χ3n) is 6.34. The number of ether oxygens (including phenoxy) is 1. The van der Waals surface area contributed by atoms with Crippen molar-refractivity contribution in [1.29, 1.82) is 5.26 Å². The molecule has 0 aliphatic carbocycles. The summed E-state index contributed by atoms with van der Waals surface area (Å²) in [6, 6.07) is 23.8. The lowest BCUT2D eigenvalue weighted by Gasteiger charge is -2.11. The highest BCUT2D eigenvalue weighted by molar-refractivity contribution is 6.30. The number of nitriles is 1. The van der Waals surface area contributed by atoms with Crippen LogP contribution in [0.3, 0.4) is 0 Å². The topological polar surface area (TPSA) is 109 Å². The van der Waals surface area contributed by atoms with E-state index in [1.807, 2.05) is 43.3 Å². The molecule has 204 valence electrons. The maximum atomic E-state index is 13.3. The van der Waals surface area contributed by atoms with Crippen molar-refractivity contribution in [2.45, 2.75) is 26.2 Å². The Morgan fingerprint density at radius 2 is 1.65 bits per heavy atom. The Hall–Kier alpha value is -4.61. The Labute approximate surface area is 238 Å². The molecule has 0 fully saturated rings. The van der Waals surface area contributed by atoms with Crippen LogP contribution in [0.1, 0.15) is 45.6 Å². The fraction of sp³-hybridized carbons (Fsp3) is 0.226. The van der Waals surface area contributed by atoms with Gasteiger partial charge in [-0.05, 0) is 61.7 Å². The van der Waals surface area contributed by atoms with E-state index in [-0.39, 0.29) is 22.9 Å². The number of rotatable bonds is 12. The molecule has 0 unspecified atom stereocenters. The molecule has 4 aromatic rings. The van der Waals surface area contributed by atoms with Gasteiger partial charge >= 0.3 is 0 Å². The number of aryl methyl sites for hydroxylation is 1. The van der Waals surface area contributed by atoms with Crippen molar-refractivity contribution >= 4 is 29.1 Å². The van der Waals surface area contributed by atoms with Gasteiger partial charge in [-0.15, -0.1) is 0 Å². The van der Waals surface area contributed by atoms with Crippen LogP contribution in [0, 0.1) is 18.3 Å². The maximum absolute atomic E-state index is 13.3. The van der Waals surface area contributed by atoms with Gasteiger partial charge in [0.1, 0.15) is 23.2 Å². The Bertz CT molecular complexity index is 1510. The Kier molecular flexibility index (Phi) is 9.55. The number of nitrogens with zero attached hydrogens (tertiary/aromatic N) is 3. The van der Waals surface area contributed by atoms with Gasteiger partial charge in [-0.25, -0.2) is 4.68 Å². The van der Waals surface area contributed by atoms with Crippen molar-refractivity contribution in [1.82, 2.24) is 15.1 Å². The fourth-order valence-electron chi connectivity index (χ4n) is 4.13. The molecule has 0 spiro atoms. The molecule has 4 rings (SSSR count). The summed E-state index contributed by atoms with van der Waals surface area (Å²) in [5.41, 5.74) is 3.32. The van der Waals surface area contributed by atoms with Crippen LogP contribution in [0.4, 0.5) is 5.82 Å². The predicted octanol–water partition coefficient (Wildman–Crippen LogP) is 5.50. The first-order valence-electron chi connectivity index (χ1n) is 12.9. The average molecular weight is 556 g/mol. The van der Waals surface area contributed by atoms with Crippen LogP contribution in [-0.2, 0) is 11.2 Å².